The van der Waals surface area contributed by atoms with E-state index in [0.717, 1.165) is 28.9 Å². The molecule has 2 aliphatic heterocycles. The molecule has 33 heavy (non-hydrogen) atoms. The number of hydrogen-bond acceptors (Lipinski definition) is 5. The Morgan fingerprint density at radius 1 is 1.18 bits per heavy atom. The summed E-state index contributed by atoms with van der Waals surface area (Å²) in [4.78, 5) is 27.0. The Morgan fingerprint density at radius 3 is 2.61 bits per heavy atom. The van der Waals surface area contributed by atoms with Crippen LogP contribution in [0.4, 0.5) is 0 Å². The van der Waals surface area contributed by atoms with E-state index in [1.165, 1.54) is 0 Å². The molecule has 4 rings (SSSR count). The number of nitriles is 1. The van der Waals surface area contributed by atoms with Gasteiger partial charge in [-0.2, -0.15) is 5.26 Å². The van der Waals surface area contributed by atoms with Gasteiger partial charge in [0, 0.05) is 22.8 Å². The van der Waals surface area contributed by atoms with Gasteiger partial charge in [0.1, 0.15) is 24.0 Å². The molecule has 2 amide bonds. The molecule has 0 aromatic heterocycles. The minimum Gasteiger partial charge on any atom is -0.489 e. The molecule has 0 saturated carbocycles. The second-order valence-electron chi connectivity index (χ2n) is 7.97. The molecule has 2 aromatic rings. The van der Waals surface area contributed by atoms with Crippen LogP contribution in [0.25, 0.3) is 6.08 Å². The van der Waals surface area contributed by atoms with Crippen molar-refractivity contribution in [3.05, 3.63) is 81.4 Å². The summed E-state index contributed by atoms with van der Waals surface area (Å²) >= 11 is 6.17. The Hall–Kier alpha value is -3.40. The Balaban J connectivity index is 1.54. The van der Waals surface area contributed by atoms with Gasteiger partial charge in [-0.1, -0.05) is 41.9 Å². The first-order chi connectivity index (χ1) is 16.0. The molecule has 1 unspecified atom stereocenters. The van der Waals surface area contributed by atoms with E-state index in [1.54, 1.807) is 25.1 Å². The van der Waals surface area contributed by atoms with Crippen molar-refractivity contribution >= 4 is 29.5 Å². The fourth-order valence-corrected chi connectivity index (χ4v) is 4.08. The average Bonchev–Trinajstić information content (AvgIpc) is 3.34. The lowest BCUT2D eigenvalue weighted by atomic mass is 9.93. The molecule has 1 atom stereocenters. The van der Waals surface area contributed by atoms with E-state index in [4.69, 9.17) is 21.1 Å². The van der Waals surface area contributed by atoms with E-state index in [0.29, 0.717) is 35.1 Å². The highest BCUT2D eigenvalue weighted by Crippen LogP contribution is 2.29. The highest BCUT2D eigenvalue weighted by molar-refractivity contribution is 6.31. The number of rotatable bonds is 6. The van der Waals surface area contributed by atoms with Gasteiger partial charge in [-0.3, -0.25) is 14.5 Å². The minimum atomic E-state index is -0.559. The summed E-state index contributed by atoms with van der Waals surface area (Å²) < 4.78 is 11.4. The van der Waals surface area contributed by atoms with E-state index >= 15 is 0 Å². The third-order valence-electron chi connectivity index (χ3n) is 5.78. The summed E-state index contributed by atoms with van der Waals surface area (Å²) in [5.74, 6) is -0.311. The van der Waals surface area contributed by atoms with Crippen LogP contribution in [0, 0.1) is 11.3 Å². The minimum absolute atomic E-state index is 0.0152. The van der Waals surface area contributed by atoms with E-state index in [2.05, 4.69) is 0 Å². The molecule has 0 spiro atoms. The van der Waals surface area contributed by atoms with Crippen molar-refractivity contribution in [2.45, 2.75) is 32.5 Å². The molecule has 2 aliphatic rings. The highest BCUT2D eigenvalue weighted by Gasteiger charge is 2.37. The smallest absolute Gasteiger partial charge is 0.271 e. The van der Waals surface area contributed by atoms with Crippen molar-refractivity contribution in [2.75, 3.05) is 13.2 Å². The molecule has 0 aliphatic carbocycles. The van der Waals surface area contributed by atoms with Crippen molar-refractivity contribution in [2.24, 2.45) is 0 Å². The van der Waals surface area contributed by atoms with Crippen LogP contribution < -0.4 is 4.74 Å². The summed E-state index contributed by atoms with van der Waals surface area (Å²) in [5, 5.41) is 10.2. The van der Waals surface area contributed by atoms with Crippen LogP contribution in [-0.4, -0.2) is 36.0 Å². The third-order valence-corrected chi connectivity index (χ3v) is 6.15. The highest BCUT2D eigenvalue weighted by atomic mass is 35.5. The number of imide groups is 1. The van der Waals surface area contributed by atoms with Crippen molar-refractivity contribution < 1.29 is 19.1 Å². The van der Waals surface area contributed by atoms with Gasteiger partial charge in [0.2, 0.25) is 0 Å². The molecule has 0 radical (unpaired) electrons. The molecule has 6 nitrogen and oxygen atoms in total. The average molecular weight is 463 g/mol. The predicted octanol–water partition coefficient (Wildman–Crippen LogP) is 4.69. The fourth-order valence-electron chi connectivity index (χ4n) is 3.89. The Morgan fingerprint density at radius 2 is 1.94 bits per heavy atom. The second kappa shape index (κ2) is 10.0. The van der Waals surface area contributed by atoms with Crippen molar-refractivity contribution in [1.29, 1.82) is 5.26 Å². The Labute approximate surface area is 197 Å². The van der Waals surface area contributed by atoms with Crippen LogP contribution in [0.1, 0.15) is 30.9 Å². The number of carbonyl (C=O) groups is 2. The van der Waals surface area contributed by atoms with E-state index in [-0.39, 0.29) is 18.2 Å². The maximum Gasteiger partial charge on any atom is 0.271 e. The van der Waals surface area contributed by atoms with Gasteiger partial charge in [0.15, 0.2) is 0 Å². The lowest BCUT2D eigenvalue weighted by Crippen LogP contribution is -2.46. The van der Waals surface area contributed by atoms with Gasteiger partial charge in [0.05, 0.1) is 12.6 Å². The molecule has 168 valence electrons. The first-order valence-electron chi connectivity index (χ1n) is 10.7. The molecule has 0 bridgehead atoms. The van der Waals surface area contributed by atoms with Crippen LogP contribution in [0.3, 0.4) is 0 Å². The zero-order chi connectivity index (χ0) is 23.4. The third kappa shape index (κ3) is 5.00. The largest absolute Gasteiger partial charge is 0.489 e. The molecule has 2 aromatic carbocycles. The quantitative estimate of drug-likeness (QED) is 0.459. The normalized spacial score (nSPS) is 19.8. The number of ether oxygens (including phenoxy) is 2. The molecular formula is C26H23ClN2O4. The zero-order valence-corrected chi connectivity index (χ0v) is 19.0. The van der Waals surface area contributed by atoms with Crippen LogP contribution in [0.5, 0.6) is 5.75 Å². The topological polar surface area (TPSA) is 79.6 Å². The van der Waals surface area contributed by atoms with E-state index in [9.17, 15) is 14.9 Å². The van der Waals surface area contributed by atoms with Crippen LogP contribution >= 0.6 is 11.6 Å². The monoisotopic (exact) mass is 462 g/mol. The van der Waals surface area contributed by atoms with Gasteiger partial charge in [-0.15, -0.1) is 0 Å². The van der Waals surface area contributed by atoms with Crippen molar-refractivity contribution in [3.63, 3.8) is 0 Å². The summed E-state index contributed by atoms with van der Waals surface area (Å²) in [6.45, 7) is 2.74. The van der Waals surface area contributed by atoms with Crippen molar-refractivity contribution in [1.82, 2.24) is 4.90 Å². The number of hydrogen-bond donors (Lipinski definition) is 0. The number of benzene rings is 2. The predicted molar refractivity (Wildman–Crippen MR) is 124 cm³/mol. The Bertz CT molecular complexity index is 1170. The first-order valence-corrected chi connectivity index (χ1v) is 11.1. The summed E-state index contributed by atoms with van der Waals surface area (Å²) in [6.07, 6.45) is 3.19. The maximum atomic E-state index is 13.2. The SMILES string of the molecule is CC1=C(C#N)C(=O)N(CC2CCCO2)C(=O)/C1=C/c1ccc(OCc2ccccc2Cl)cc1. The summed E-state index contributed by atoms with van der Waals surface area (Å²) in [6, 6.07) is 16.7. The van der Waals surface area contributed by atoms with Gasteiger partial charge in [0.25, 0.3) is 11.8 Å². The zero-order valence-electron chi connectivity index (χ0n) is 18.2. The van der Waals surface area contributed by atoms with Crippen molar-refractivity contribution in [3.8, 4) is 11.8 Å². The van der Waals surface area contributed by atoms with Gasteiger partial charge in [-0.05, 0) is 55.2 Å². The molecule has 0 N–H and O–H groups in total. The van der Waals surface area contributed by atoms with Crippen LogP contribution in [-0.2, 0) is 20.9 Å². The van der Waals surface area contributed by atoms with E-state index in [1.807, 2.05) is 42.5 Å². The van der Waals surface area contributed by atoms with Crippen LogP contribution in [0.2, 0.25) is 5.02 Å². The number of halogens is 1. The fraction of sp³-hybridized carbons (Fsp3) is 0.269. The second-order valence-corrected chi connectivity index (χ2v) is 8.38. The number of amides is 2. The van der Waals surface area contributed by atoms with Gasteiger partial charge >= 0.3 is 0 Å². The van der Waals surface area contributed by atoms with Crippen LogP contribution in [0.15, 0.2) is 65.3 Å². The molecule has 7 heteroatoms. The standard InChI is InChI=1S/C26H23ClN2O4/c1-17-22(25(30)29(26(31)23(17)14-28)15-21-6-4-12-32-21)13-18-8-10-20(11-9-18)33-16-19-5-2-3-7-24(19)27/h2-3,5,7-11,13,21H,4,6,12,15-16H2,1H3/b22-13+. The lowest BCUT2D eigenvalue weighted by Gasteiger charge is -2.29. The molecule has 1 saturated heterocycles. The van der Waals surface area contributed by atoms with Gasteiger partial charge in [-0.25, -0.2) is 0 Å². The number of carbonyl (C=O) groups excluding carboxylic acids is 2. The summed E-state index contributed by atoms with van der Waals surface area (Å²) in [7, 11) is 0. The summed E-state index contributed by atoms with van der Waals surface area (Å²) in [5.41, 5.74) is 2.34. The molecule has 2 heterocycles. The lowest BCUT2D eigenvalue weighted by molar-refractivity contribution is -0.142. The Kier molecular flexibility index (Phi) is 6.93. The van der Waals surface area contributed by atoms with Gasteiger partial charge < -0.3 is 9.47 Å². The molecular weight excluding hydrogens is 440 g/mol. The van der Waals surface area contributed by atoms with E-state index < -0.39 is 11.8 Å². The first kappa shape index (κ1) is 22.8. The maximum absolute atomic E-state index is 13.2. The number of nitrogens with zero attached hydrogens (tertiary/aromatic N) is 2. The molecule has 1 fully saturated rings.